The van der Waals surface area contributed by atoms with Gasteiger partial charge < -0.3 is 19.6 Å². The van der Waals surface area contributed by atoms with Crippen LogP contribution in [-0.2, 0) is 9.59 Å². The molecule has 0 bridgehead atoms. The molecule has 1 aromatic carbocycles. The van der Waals surface area contributed by atoms with Gasteiger partial charge in [0.2, 0.25) is 5.91 Å². The first-order chi connectivity index (χ1) is 12.9. The summed E-state index contributed by atoms with van der Waals surface area (Å²) in [5.74, 6) is -0.656. The van der Waals surface area contributed by atoms with Gasteiger partial charge in [0.1, 0.15) is 17.6 Å². The van der Waals surface area contributed by atoms with Crippen LogP contribution in [0.3, 0.4) is 0 Å². The predicted octanol–water partition coefficient (Wildman–Crippen LogP) is 2.38. The zero-order chi connectivity index (χ0) is 19.4. The van der Waals surface area contributed by atoms with Crippen molar-refractivity contribution in [2.45, 2.75) is 38.6 Å². The maximum absolute atomic E-state index is 12.9. The third-order valence-corrected chi connectivity index (χ3v) is 5.82. The molecule has 1 unspecified atom stereocenters. The Kier molecular flexibility index (Phi) is 5.99. The van der Waals surface area contributed by atoms with Crippen molar-refractivity contribution >= 4 is 11.9 Å². The number of carbonyl (C=O) groups is 2. The van der Waals surface area contributed by atoms with Crippen LogP contribution in [0.4, 0.5) is 4.39 Å². The largest absolute Gasteiger partial charge is 0.494 e. The maximum Gasteiger partial charge on any atom is 0.326 e. The summed E-state index contributed by atoms with van der Waals surface area (Å²) < 4.78 is 18.5. The molecule has 2 heterocycles. The van der Waals surface area contributed by atoms with Crippen molar-refractivity contribution in [3.8, 4) is 5.75 Å². The zero-order valence-electron chi connectivity index (χ0n) is 15.7. The molecule has 0 aromatic heterocycles. The van der Waals surface area contributed by atoms with E-state index in [0.29, 0.717) is 25.3 Å². The van der Waals surface area contributed by atoms with Gasteiger partial charge in [-0.25, -0.2) is 9.18 Å². The van der Waals surface area contributed by atoms with E-state index < -0.39 is 12.0 Å². The molecule has 0 aliphatic carbocycles. The van der Waals surface area contributed by atoms with Crippen LogP contribution in [0.5, 0.6) is 5.75 Å². The standard InChI is InChI=1S/C20H27FN2O4/c1-15(24)23-14-20(13-18(23)19(25)26)7-10-22(11-8-20)9-2-12-27-17-5-3-16(21)4-6-17/h3-6,18H,2,7-14H2,1H3,(H,25,26). The molecule has 7 heteroatoms. The summed E-state index contributed by atoms with van der Waals surface area (Å²) in [4.78, 5) is 27.1. The van der Waals surface area contributed by atoms with E-state index in [1.807, 2.05) is 0 Å². The Morgan fingerprint density at radius 3 is 2.48 bits per heavy atom. The molecular formula is C20H27FN2O4. The van der Waals surface area contributed by atoms with E-state index in [4.69, 9.17) is 4.74 Å². The lowest BCUT2D eigenvalue weighted by Gasteiger charge is -2.39. The Bertz CT molecular complexity index is 647. The maximum atomic E-state index is 12.9. The topological polar surface area (TPSA) is 70.1 Å². The third kappa shape index (κ3) is 4.77. The minimum Gasteiger partial charge on any atom is -0.494 e. The molecule has 27 heavy (non-hydrogen) atoms. The van der Waals surface area contributed by atoms with Crippen molar-refractivity contribution in [2.24, 2.45) is 5.41 Å². The second kappa shape index (κ2) is 8.25. The van der Waals surface area contributed by atoms with Crippen LogP contribution in [0.15, 0.2) is 24.3 Å². The first-order valence-corrected chi connectivity index (χ1v) is 9.49. The van der Waals surface area contributed by atoms with E-state index >= 15 is 0 Å². The molecule has 6 nitrogen and oxygen atoms in total. The van der Waals surface area contributed by atoms with Gasteiger partial charge in [0.05, 0.1) is 6.61 Å². The number of halogens is 1. The van der Waals surface area contributed by atoms with E-state index in [-0.39, 0.29) is 17.1 Å². The molecule has 1 atom stereocenters. The second-order valence-corrected chi connectivity index (χ2v) is 7.70. The first-order valence-electron chi connectivity index (χ1n) is 9.49. The molecule has 1 amide bonds. The highest BCUT2D eigenvalue weighted by atomic mass is 19.1. The molecule has 2 aliphatic heterocycles. The number of hydrogen-bond acceptors (Lipinski definition) is 4. The van der Waals surface area contributed by atoms with Gasteiger partial charge in [-0.2, -0.15) is 0 Å². The second-order valence-electron chi connectivity index (χ2n) is 7.70. The molecular weight excluding hydrogens is 351 g/mol. The molecule has 1 spiro atoms. The van der Waals surface area contributed by atoms with Crippen LogP contribution in [0.2, 0.25) is 0 Å². The van der Waals surface area contributed by atoms with Gasteiger partial charge in [-0.15, -0.1) is 0 Å². The Balaban J connectivity index is 1.42. The van der Waals surface area contributed by atoms with E-state index in [1.54, 1.807) is 12.1 Å². The van der Waals surface area contributed by atoms with Crippen molar-refractivity contribution < 1.29 is 23.8 Å². The number of hydrogen-bond donors (Lipinski definition) is 1. The molecule has 3 rings (SSSR count). The summed E-state index contributed by atoms with van der Waals surface area (Å²) in [7, 11) is 0. The van der Waals surface area contributed by atoms with Gasteiger partial charge in [-0.1, -0.05) is 0 Å². The minimum absolute atomic E-state index is 0.0597. The third-order valence-electron chi connectivity index (χ3n) is 5.82. The van der Waals surface area contributed by atoms with Gasteiger partial charge in [0, 0.05) is 20.0 Å². The highest BCUT2D eigenvalue weighted by Gasteiger charge is 2.48. The summed E-state index contributed by atoms with van der Waals surface area (Å²) in [6, 6.07) is 5.34. The van der Waals surface area contributed by atoms with E-state index in [9.17, 15) is 19.1 Å². The van der Waals surface area contributed by atoms with Crippen LogP contribution in [-0.4, -0.2) is 65.6 Å². The van der Waals surface area contributed by atoms with Crippen LogP contribution >= 0.6 is 0 Å². The Morgan fingerprint density at radius 1 is 1.26 bits per heavy atom. The summed E-state index contributed by atoms with van der Waals surface area (Å²) in [6.07, 6.45) is 3.27. The fraction of sp³-hybridized carbons (Fsp3) is 0.600. The molecule has 2 fully saturated rings. The summed E-state index contributed by atoms with van der Waals surface area (Å²) >= 11 is 0. The molecule has 0 radical (unpaired) electrons. The molecule has 148 valence electrons. The average molecular weight is 378 g/mol. The van der Waals surface area contributed by atoms with Crippen LogP contribution < -0.4 is 4.74 Å². The Morgan fingerprint density at radius 2 is 1.93 bits per heavy atom. The fourth-order valence-corrected chi connectivity index (χ4v) is 4.23. The highest BCUT2D eigenvalue weighted by Crippen LogP contribution is 2.43. The van der Waals surface area contributed by atoms with Crippen molar-refractivity contribution in [3.05, 3.63) is 30.1 Å². The minimum atomic E-state index is -0.901. The number of benzene rings is 1. The van der Waals surface area contributed by atoms with Gasteiger partial charge in [0.15, 0.2) is 0 Å². The molecule has 0 saturated carbocycles. The number of ether oxygens (including phenoxy) is 1. The molecule has 2 aliphatic rings. The van der Waals surface area contributed by atoms with Gasteiger partial charge in [0.25, 0.3) is 0 Å². The average Bonchev–Trinajstić information content (AvgIpc) is 3.02. The quantitative estimate of drug-likeness (QED) is 0.770. The number of rotatable bonds is 6. The van der Waals surface area contributed by atoms with Crippen molar-refractivity contribution in [3.63, 3.8) is 0 Å². The van der Waals surface area contributed by atoms with Crippen molar-refractivity contribution in [1.29, 1.82) is 0 Å². The van der Waals surface area contributed by atoms with E-state index in [1.165, 1.54) is 24.0 Å². The number of carbonyl (C=O) groups excluding carboxylic acids is 1. The smallest absolute Gasteiger partial charge is 0.326 e. The van der Waals surface area contributed by atoms with Crippen molar-refractivity contribution in [1.82, 2.24) is 9.80 Å². The summed E-state index contributed by atoms with van der Waals surface area (Å²) in [5.41, 5.74) is -0.0597. The van der Waals surface area contributed by atoms with Crippen LogP contribution in [0.1, 0.15) is 32.6 Å². The SMILES string of the molecule is CC(=O)N1CC2(CCN(CCCOc3ccc(F)cc3)CC2)CC1C(=O)O. The number of amides is 1. The lowest BCUT2D eigenvalue weighted by Crippen LogP contribution is -2.42. The van der Waals surface area contributed by atoms with Gasteiger partial charge >= 0.3 is 5.97 Å². The highest BCUT2D eigenvalue weighted by molar-refractivity contribution is 5.83. The fourth-order valence-electron chi connectivity index (χ4n) is 4.23. The van der Waals surface area contributed by atoms with Gasteiger partial charge in [-0.05, 0) is 68.5 Å². The number of nitrogens with zero attached hydrogens (tertiary/aromatic N) is 2. The van der Waals surface area contributed by atoms with Crippen molar-refractivity contribution in [2.75, 3.05) is 32.8 Å². The summed E-state index contributed by atoms with van der Waals surface area (Å²) in [6.45, 7) is 5.32. The number of piperidine rings is 1. The number of carboxylic acid groups (broad SMARTS) is 1. The monoisotopic (exact) mass is 378 g/mol. The van der Waals surface area contributed by atoms with Crippen LogP contribution in [0.25, 0.3) is 0 Å². The Labute approximate surface area is 158 Å². The van der Waals surface area contributed by atoms with Crippen LogP contribution in [0, 0.1) is 11.2 Å². The molecule has 2 saturated heterocycles. The summed E-state index contributed by atoms with van der Waals surface area (Å²) in [5, 5.41) is 9.41. The van der Waals surface area contributed by atoms with E-state index in [2.05, 4.69) is 4.90 Å². The first kappa shape index (κ1) is 19.6. The lowest BCUT2D eigenvalue weighted by molar-refractivity contribution is -0.147. The number of carboxylic acids is 1. The normalized spacial score (nSPS) is 22.1. The predicted molar refractivity (Wildman–Crippen MR) is 98.0 cm³/mol. The van der Waals surface area contributed by atoms with Gasteiger partial charge in [-0.3, -0.25) is 4.79 Å². The lowest BCUT2D eigenvalue weighted by atomic mass is 9.76. The molecule has 1 aromatic rings. The van der Waals surface area contributed by atoms with E-state index in [0.717, 1.165) is 38.9 Å². The molecule has 1 N–H and O–H groups in total. The number of aliphatic carboxylic acids is 1. The Hall–Kier alpha value is -2.15. The number of likely N-dealkylation sites (tertiary alicyclic amines) is 2. The zero-order valence-corrected chi connectivity index (χ0v) is 15.7.